The average molecular weight is 292 g/mol. The predicted molar refractivity (Wildman–Crippen MR) is 83.6 cm³/mol. The van der Waals surface area contributed by atoms with E-state index in [0.717, 1.165) is 18.5 Å². The summed E-state index contributed by atoms with van der Waals surface area (Å²) in [4.78, 5) is 25.5. The Kier molecular flexibility index (Phi) is 6.72. The van der Waals surface area contributed by atoms with Crippen LogP contribution in [0, 0.1) is 0 Å². The van der Waals surface area contributed by atoms with Gasteiger partial charge in [-0.15, -0.1) is 0 Å². The molecule has 5 nitrogen and oxygen atoms in total. The van der Waals surface area contributed by atoms with E-state index in [1.54, 1.807) is 18.2 Å². The van der Waals surface area contributed by atoms with Gasteiger partial charge < -0.3 is 15.0 Å². The van der Waals surface area contributed by atoms with E-state index in [-0.39, 0.29) is 18.6 Å². The molecule has 1 atom stereocenters. The van der Waals surface area contributed by atoms with Crippen LogP contribution in [0.4, 0.5) is 5.69 Å². The fourth-order valence-corrected chi connectivity index (χ4v) is 1.95. The second-order valence-electron chi connectivity index (χ2n) is 5.28. The summed E-state index contributed by atoms with van der Waals surface area (Å²) in [6.45, 7) is 3.74. The first kappa shape index (κ1) is 17.0. The summed E-state index contributed by atoms with van der Waals surface area (Å²) in [6.07, 6.45) is 1.91. The van der Waals surface area contributed by atoms with E-state index in [0.29, 0.717) is 5.56 Å². The van der Waals surface area contributed by atoms with Crippen LogP contribution in [0.25, 0.3) is 0 Å². The monoisotopic (exact) mass is 292 g/mol. The summed E-state index contributed by atoms with van der Waals surface area (Å²) >= 11 is 0. The fraction of sp³-hybridized carbons (Fsp3) is 0.500. The minimum atomic E-state index is -0.489. The quantitative estimate of drug-likeness (QED) is 0.783. The number of hydrogen-bond acceptors (Lipinski definition) is 4. The molecule has 1 amide bonds. The number of hydrogen-bond donors (Lipinski definition) is 1. The lowest BCUT2D eigenvalue weighted by Gasteiger charge is -2.14. The minimum Gasteiger partial charge on any atom is -0.452 e. The van der Waals surface area contributed by atoms with Crippen molar-refractivity contribution in [2.75, 3.05) is 25.6 Å². The summed E-state index contributed by atoms with van der Waals surface area (Å²) in [7, 11) is 3.79. The molecule has 0 aromatic heterocycles. The largest absolute Gasteiger partial charge is 0.452 e. The van der Waals surface area contributed by atoms with E-state index in [4.69, 9.17) is 4.74 Å². The van der Waals surface area contributed by atoms with Crippen LogP contribution >= 0.6 is 0 Å². The fourth-order valence-electron chi connectivity index (χ4n) is 1.95. The van der Waals surface area contributed by atoms with Crippen LogP contribution in [-0.2, 0) is 9.53 Å². The molecule has 5 heteroatoms. The number of benzene rings is 1. The lowest BCUT2D eigenvalue weighted by molar-refractivity contribution is -0.124. The first-order valence-electron chi connectivity index (χ1n) is 7.18. The van der Waals surface area contributed by atoms with Crippen LogP contribution in [0.1, 0.15) is 37.0 Å². The van der Waals surface area contributed by atoms with Crippen molar-refractivity contribution in [2.24, 2.45) is 0 Å². The predicted octanol–water partition coefficient (Wildman–Crippen LogP) is 2.21. The number of esters is 1. The maximum Gasteiger partial charge on any atom is 0.338 e. The molecule has 0 saturated carbocycles. The summed E-state index contributed by atoms with van der Waals surface area (Å²) in [5, 5.41) is 2.79. The molecule has 0 bridgehead atoms. The Morgan fingerprint density at radius 3 is 2.67 bits per heavy atom. The van der Waals surface area contributed by atoms with Crippen molar-refractivity contribution in [3.8, 4) is 0 Å². The standard InChI is InChI=1S/C16H24N2O3/c1-5-7-12(2)17-15(19)11-21-16(20)13-8-6-9-14(10-13)18(3)4/h6,8-10,12H,5,7,11H2,1-4H3,(H,17,19)/t12-/m1/s1. The molecule has 0 aliphatic carbocycles. The zero-order valence-electron chi connectivity index (χ0n) is 13.2. The van der Waals surface area contributed by atoms with Gasteiger partial charge in [0, 0.05) is 25.8 Å². The number of amides is 1. The smallest absolute Gasteiger partial charge is 0.338 e. The number of rotatable bonds is 7. The van der Waals surface area contributed by atoms with Gasteiger partial charge in [0.25, 0.3) is 5.91 Å². The van der Waals surface area contributed by atoms with E-state index >= 15 is 0 Å². The number of ether oxygens (including phenoxy) is 1. The van der Waals surface area contributed by atoms with Gasteiger partial charge in [-0.3, -0.25) is 4.79 Å². The molecule has 1 aromatic rings. The number of anilines is 1. The van der Waals surface area contributed by atoms with Crippen molar-refractivity contribution in [3.05, 3.63) is 29.8 Å². The van der Waals surface area contributed by atoms with Crippen molar-refractivity contribution < 1.29 is 14.3 Å². The van der Waals surface area contributed by atoms with Crippen molar-refractivity contribution in [2.45, 2.75) is 32.7 Å². The van der Waals surface area contributed by atoms with Gasteiger partial charge in [0.05, 0.1) is 5.56 Å². The van der Waals surface area contributed by atoms with Crippen LogP contribution in [0.15, 0.2) is 24.3 Å². The second kappa shape index (κ2) is 8.29. The molecule has 21 heavy (non-hydrogen) atoms. The molecule has 116 valence electrons. The highest BCUT2D eigenvalue weighted by atomic mass is 16.5. The van der Waals surface area contributed by atoms with Crippen LogP contribution in [0.3, 0.4) is 0 Å². The van der Waals surface area contributed by atoms with E-state index < -0.39 is 5.97 Å². The zero-order chi connectivity index (χ0) is 15.8. The Bertz CT molecular complexity index is 486. The van der Waals surface area contributed by atoms with Crippen LogP contribution < -0.4 is 10.2 Å². The molecule has 0 unspecified atom stereocenters. The molecule has 0 saturated heterocycles. The van der Waals surface area contributed by atoms with Gasteiger partial charge in [-0.1, -0.05) is 19.4 Å². The molecule has 1 rings (SSSR count). The SMILES string of the molecule is CCC[C@@H](C)NC(=O)COC(=O)c1cccc(N(C)C)c1. The number of carbonyl (C=O) groups excluding carboxylic acids is 2. The maximum absolute atomic E-state index is 11.9. The Labute approximate surface area is 126 Å². The van der Waals surface area contributed by atoms with Gasteiger partial charge in [-0.25, -0.2) is 4.79 Å². The Balaban J connectivity index is 2.50. The third-order valence-corrected chi connectivity index (χ3v) is 3.06. The van der Waals surface area contributed by atoms with Gasteiger partial charge in [0.2, 0.25) is 0 Å². The van der Waals surface area contributed by atoms with Gasteiger partial charge in [-0.2, -0.15) is 0 Å². The molecule has 0 radical (unpaired) electrons. The highest BCUT2D eigenvalue weighted by Crippen LogP contribution is 2.14. The lowest BCUT2D eigenvalue weighted by Crippen LogP contribution is -2.35. The molecular weight excluding hydrogens is 268 g/mol. The Morgan fingerprint density at radius 2 is 2.05 bits per heavy atom. The molecule has 0 fully saturated rings. The van der Waals surface area contributed by atoms with Gasteiger partial charge in [0.1, 0.15) is 0 Å². The highest BCUT2D eigenvalue weighted by molar-refractivity contribution is 5.92. The molecule has 0 heterocycles. The molecule has 1 N–H and O–H groups in total. The number of nitrogens with zero attached hydrogens (tertiary/aromatic N) is 1. The number of nitrogens with one attached hydrogen (secondary N) is 1. The van der Waals surface area contributed by atoms with E-state index in [1.165, 1.54) is 0 Å². The Morgan fingerprint density at radius 1 is 1.33 bits per heavy atom. The van der Waals surface area contributed by atoms with Gasteiger partial charge in [0.15, 0.2) is 6.61 Å². The highest BCUT2D eigenvalue weighted by Gasteiger charge is 2.12. The molecule has 0 spiro atoms. The maximum atomic E-state index is 11.9. The first-order chi connectivity index (χ1) is 9.93. The average Bonchev–Trinajstić information content (AvgIpc) is 2.45. The first-order valence-corrected chi connectivity index (χ1v) is 7.18. The summed E-state index contributed by atoms with van der Waals surface area (Å²) < 4.78 is 5.03. The third-order valence-electron chi connectivity index (χ3n) is 3.06. The van der Waals surface area contributed by atoms with Crippen LogP contribution in [0.2, 0.25) is 0 Å². The van der Waals surface area contributed by atoms with E-state index in [1.807, 2.05) is 32.0 Å². The molecule has 0 aliphatic heterocycles. The van der Waals surface area contributed by atoms with E-state index in [9.17, 15) is 9.59 Å². The molecule has 0 aliphatic rings. The third kappa shape index (κ3) is 5.85. The van der Waals surface area contributed by atoms with E-state index in [2.05, 4.69) is 12.2 Å². The topological polar surface area (TPSA) is 58.6 Å². The summed E-state index contributed by atoms with van der Waals surface area (Å²) in [5.74, 6) is -0.759. The van der Waals surface area contributed by atoms with Crippen molar-refractivity contribution in [3.63, 3.8) is 0 Å². The van der Waals surface area contributed by atoms with Crippen LogP contribution in [0.5, 0.6) is 0 Å². The Hall–Kier alpha value is -2.04. The molecule has 1 aromatic carbocycles. The summed E-state index contributed by atoms with van der Waals surface area (Å²) in [6, 6.07) is 7.19. The van der Waals surface area contributed by atoms with Gasteiger partial charge >= 0.3 is 5.97 Å². The lowest BCUT2D eigenvalue weighted by atomic mass is 10.2. The van der Waals surface area contributed by atoms with Crippen molar-refractivity contribution >= 4 is 17.6 Å². The van der Waals surface area contributed by atoms with Crippen molar-refractivity contribution in [1.82, 2.24) is 5.32 Å². The zero-order valence-corrected chi connectivity index (χ0v) is 13.2. The summed E-state index contributed by atoms with van der Waals surface area (Å²) in [5.41, 5.74) is 1.35. The van der Waals surface area contributed by atoms with Crippen molar-refractivity contribution in [1.29, 1.82) is 0 Å². The molecular formula is C16H24N2O3. The second-order valence-corrected chi connectivity index (χ2v) is 5.28. The normalized spacial score (nSPS) is 11.6. The van der Waals surface area contributed by atoms with Crippen LogP contribution in [-0.4, -0.2) is 38.6 Å². The van der Waals surface area contributed by atoms with Gasteiger partial charge in [-0.05, 0) is 31.5 Å². The minimum absolute atomic E-state index is 0.0956. The number of carbonyl (C=O) groups is 2.